The molecule has 1 aliphatic heterocycles. The Labute approximate surface area is 202 Å². The molecule has 1 heterocycles. The number of rotatable bonds is 5. The first-order valence-corrected chi connectivity index (χ1v) is 13.7. The molecule has 34 heavy (non-hydrogen) atoms. The van der Waals surface area contributed by atoms with Gasteiger partial charge >= 0.3 is 0 Å². The first-order valence-electron chi connectivity index (χ1n) is 12.1. The molecule has 5 atom stereocenters. The highest BCUT2D eigenvalue weighted by molar-refractivity contribution is 7.89. The van der Waals surface area contributed by atoms with Crippen LogP contribution in [0.15, 0.2) is 60.0 Å². The molecule has 1 fully saturated rings. The van der Waals surface area contributed by atoms with E-state index in [1.807, 2.05) is 6.92 Å². The Bertz CT molecular complexity index is 1210. The normalized spacial score (nSPS) is 29.9. The van der Waals surface area contributed by atoms with Gasteiger partial charge in [0.1, 0.15) is 5.75 Å². The van der Waals surface area contributed by atoms with Crippen molar-refractivity contribution >= 4 is 15.7 Å². The number of fused-ring (bicyclic) bond motifs is 3. The van der Waals surface area contributed by atoms with Crippen LogP contribution in [0.5, 0.6) is 5.75 Å². The fourth-order valence-corrected chi connectivity index (χ4v) is 6.97. The zero-order valence-electron chi connectivity index (χ0n) is 19.7. The third-order valence-corrected chi connectivity index (χ3v) is 9.54. The molecule has 0 bridgehead atoms. The summed E-state index contributed by atoms with van der Waals surface area (Å²) in [5, 5.41) is 19.7. The van der Waals surface area contributed by atoms with Gasteiger partial charge in [-0.3, -0.25) is 0 Å². The SMILES string of the molecule is C=C[C@](C)(O)[C@@H]1CC[C@@H]1CC1CCc2ccccc2C12CNc1cc(S(N)(=O)=O)ccc1OC2. The van der Waals surface area contributed by atoms with Gasteiger partial charge in [0.15, 0.2) is 0 Å². The van der Waals surface area contributed by atoms with Crippen molar-refractivity contribution in [3.63, 3.8) is 0 Å². The summed E-state index contributed by atoms with van der Waals surface area (Å²) in [7, 11) is -3.80. The Morgan fingerprint density at radius 3 is 2.76 bits per heavy atom. The van der Waals surface area contributed by atoms with E-state index in [2.05, 4.69) is 36.2 Å². The summed E-state index contributed by atoms with van der Waals surface area (Å²) in [6, 6.07) is 13.4. The average Bonchev–Trinajstić information content (AvgIpc) is 2.97. The van der Waals surface area contributed by atoms with Crippen molar-refractivity contribution < 1.29 is 18.3 Å². The second kappa shape index (κ2) is 8.40. The van der Waals surface area contributed by atoms with Gasteiger partial charge in [-0.15, -0.1) is 6.58 Å². The van der Waals surface area contributed by atoms with Crippen LogP contribution in [0.2, 0.25) is 0 Å². The summed E-state index contributed by atoms with van der Waals surface area (Å²) in [4.78, 5) is 0.0721. The van der Waals surface area contributed by atoms with Crippen LogP contribution in [0.1, 0.15) is 43.7 Å². The van der Waals surface area contributed by atoms with Crippen LogP contribution >= 0.6 is 0 Å². The molecule has 0 amide bonds. The molecule has 0 aromatic heterocycles. The maximum Gasteiger partial charge on any atom is 0.238 e. The van der Waals surface area contributed by atoms with E-state index < -0.39 is 15.6 Å². The van der Waals surface area contributed by atoms with Crippen LogP contribution in [0.4, 0.5) is 5.69 Å². The van der Waals surface area contributed by atoms with E-state index in [0.717, 1.165) is 32.1 Å². The fourth-order valence-electron chi connectivity index (χ4n) is 6.43. The van der Waals surface area contributed by atoms with Gasteiger partial charge in [0.25, 0.3) is 0 Å². The van der Waals surface area contributed by atoms with Crippen LogP contribution in [-0.2, 0) is 21.9 Å². The number of nitrogens with one attached hydrogen (secondary N) is 1. The van der Waals surface area contributed by atoms with E-state index in [9.17, 15) is 13.5 Å². The smallest absolute Gasteiger partial charge is 0.238 e. The second-order valence-electron chi connectivity index (χ2n) is 10.5. The summed E-state index contributed by atoms with van der Waals surface area (Å²) in [5.74, 6) is 1.69. The van der Waals surface area contributed by atoms with Gasteiger partial charge in [-0.2, -0.15) is 0 Å². The number of ether oxygens (including phenoxy) is 1. The zero-order chi connectivity index (χ0) is 24.1. The molecule has 2 aromatic rings. The molecular weight excluding hydrogens is 448 g/mol. The Morgan fingerprint density at radius 1 is 1.26 bits per heavy atom. The Morgan fingerprint density at radius 2 is 2.06 bits per heavy atom. The number of hydrogen-bond acceptors (Lipinski definition) is 5. The standard InChI is InChI=1S/C27H34N2O4S/c1-3-26(2,30)22-12-9-19(22)14-20-10-8-18-6-4-5-7-23(18)27(20)16-29-24-15-21(34(28,31)32)11-13-25(24)33-17-27/h3-7,11,13,15,19-20,22,29-30H,1,8-10,12,14,16-17H2,2H3,(H2,28,31,32)/t19-,20?,22-,26+,27?/m1/s1. The third-order valence-electron chi connectivity index (χ3n) is 8.63. The van der Waals surface area contributed by atoms with Crippen LogP contribution in [0.25, 0.3) is 0 Å². The summed E-state index contributed by atoms with van der Waals surface area (Å²) >= 11 is 0. The summed E-state index contributed by atoms with van der Waals surface area (Å²) in [5.41, 5.74) is 2.21. The highest BCUT2D eigenvalue weighted by Gasteiger charge is 2.50. The predicted molar refractivity (Wildman–Crippen MR) is 133 cm³/mol. The van der Waals surface area contributed by atoms with E-state index in [1.165, 1.54) is 17.2 Å². The lowest BCUT2D eigenvalue weighted by Crippen LogP contribution is -2.51. The van der Waals surface area contributed by atoms with Gasteiger partial charge in [0.05, 0.1) is 22.8 Å². The van der Waals surface area contributed by atoms with Gasteiger partial charge in [-0.05, 0) is 86.1 Å². The van der Waals surface area contributed by atoms with Crippen molar-refractivity contribution in [2.75, 3.05) is 18.5 Å². The lowest BCUT2D eigenvalue weighted by Gasteiger charge is -2.50. The molecule has 0 radical (unpaired) electrons. The number of hydrogen-bond donors (Lipinski definition) is 3. The molecule has 1 spiro atoms. The molecule has 182 valence electrons. The van der Waals surface area contributed by atoms with E-state index in [-0.39, 0.29) is 16.2 Å². The molecule has 2 aliphatic carbocycles. The molecule has 1 saturated carbocycles. The number of anilines is 1. The van der Waals surface area contributed by atoms with Crippen molar-refractivity contribution in [2.45, 2.75) is 54.9 Å². The topological polar surface area (TPSA) is 102 Å². The van der Waals surface area contributed by atoms with E-state index >= 15 is 0 Å². The van der Waals surface area contributed by atoms with Gasteiger partial charge in [0, 0.05) is 12.0 Å². The first kappa shape index (κ1) is 23.4. The molecule has 2 unspecified atom stereocenters. The number of benzene rings is 2. The molecule has 4 N–H and O–H groups in total. The average molecular weight is 483 g/mol. The van der Waals surface area contributed by atoms with Gasteiger partial charge in [0.2, 0.25) is 10.0 Å². The van der Waals surface area contributed by atoms with E-state index in [0.29, 0.717) is 36.4 Å². The first-order chi connectivity index (χ1) is 16.1. The maximum atomic E-state index is 11.9. The van der Waals surface area contributed by atoms with Crippen LogP contribution in [0, 0.1) is 17.8 Å². The Kier molecular flexibility index (Phi) is 5.78. The van der Waals surface area contributed by atoms with Crippen LogP contribution < -0.4 is 15.2 Å². The number of aliphatic hydroxyl groups is 1. The Hall–Kier alpha value is -2.35. The van der Waals surface area contributed by atoms with Crippen molar-refractivity contribution in [1.82, 2.24) is 0 Å². The summed E-state index contributed by atoms with van der Waals surface area (Å²) in [6.45, 7) is 6.89. The molecule has 3 aliphatic rings. The van der Waals surface area contributed by atoms with Crippen LogP contribution in [-0.4, -0.2) is 32.3 Å². The van der Waals surface area contributed by atoms with Gasteiger partial charge < -0.3 is 15.2 Å². The van der Waals surface area contributed by atoms with E-state index in [4.69, 9.17) is 9.88 Å². The minimum absolute atomic E-state index is 0.0721. The fraction of sp³-hybridized carbons (Fsp3) is 0.481. The van der Waals surface area contributed by atoms with Crippen molar-refractivity contribution in [2.24, 2.45) is 22.9 Å². The predicted octanol–water partition coefficient (Wildman–Crippen LogP) is 3.99. The second-order valence-corrected chi connectivity index (χ2v) is 12.1. The van der Waals surface area contributed by atoms with Gasteiger partial charge in [-0.25, -0.2) is 13.6 Å². The number of sulfonamides is 1. The quantitative estimate of drug-likeness (QED) is 0.560. The molecule has 5 rings (SSSR count). The lowest BCUT2D eigenvalue weighted by atomic mass is 9.56. The van der Waals surface area contributed by atoms with Crippen molar-refractivity contribution in [3.05, 3.63) is 66.2 Å². The zero-order valence-corrected chi connectivity index (χ0v) is 20.5. The van der Waals surface area contributed by atoms with E-state index in [1.54, 1.807) is 18.2 Å². The Balaban J connectivity index is 1.49. The monoisotopic (exact) mass is 482 g/mol. The third kappa shape index (κ3) is 3.93. The largest absolute Gasteiger partial charge is 0.490 e. The number of aryl methyl sites for hydroxylation is 1. The summed E-state index contributed by atoms with van der Waals surface area (Å²) in [6.07, 6.45) is 6.94. The molecule has 2 aromatic carbocycles. The minimum atomic E-state index is -3.80. The lowest BCUT2D eigenvalue weighted by molar-refractivity contribution is -0.0475. The van der Waals surface area contributed by atoms with Gasteiger partial charge in [-0.1, -0.05) is 30.3 Å². The number of primary sulfonamides is 1. The molecule has 6 nitrogen and oxygen atoms in total. The van der Waals surface area contributed by atoms with Crippen LogP contribution in [0.3, 0.4) is 0 Å². The summed E-state index contributed by atoms with van der Waals surface area (Å²) < 4.78 is 30.2. The molecule has 0 saturated heterocycles. The van der Waals surface area contributed by atoms with Crippen molar-refractivity contribution in [3.8, 4) is 5.75 Å². The highest BCUT2D eigenvalue weighted by Crippen LogP contribution is 2.52. The molecular formula is C27H34N2O4S. The molecule has 7 heteroatoms. The minimum Gasteiger partial charge on any atom is -0.490 e. The maximum absolute atomic E-state index is 11.9. The van der Waals surface area contributed by atoms with Crippen molar-refractivity contribution in [1.29, 1.82) is 0 Å². The highest BCUT2D eigenvalue weighted by atomic mass is 32.2. The number of nitrogens with two attached hydrogens (primary N) is 1.